The topological polar surface area (TPSA) is 70.6 Å². The van der Waals surface area contributed by atoms with Gasteiger partial charge in [-0.3, -0.25) is 0 Å². The van der Waals surface area contributed by atoms with Gasteiger partial charge < -0.3 is 20.5 Å². The highest BCUT2D eigenvalue weighted by molar-refractivity contribution is 5.67. The lowest BCUT2D eigenvalue weighted by molar-refractivity contribution is 0.0514. The van der Waals surface area contributed by atoms with Gasteiger partial charge in [0.25, 0.3) is 0 Å². The van der Waals surface area contributed by atoms with Gasteiger partial charge in [0.2, 0.25) is 0 Å². The van der Waals surface area contributed by atoms with Crippen LogP contribution in [0.2, 0.25) is 0 Å². The summed E-state index contributed by atoms with van der Waals surface area (Å²) in [7, 11) is 0. The fourth-order valence-corrected chi connectivity index (χ4v) is 2.74. The molecule has 0 aromatic carbocycles. The molecule has 1 saturated carbocycles. The van der Waals surface area contributed by atoms with Crippen molar-refractivity contribution in [1.29, 1.82) is 0 Å². The maximum Gasteiger partial charge on any atom is 0.407 e. The standard InChI is InChI=1S/C17H34N2O3/c1-12(2)13(11-19-16(21)22-17(3,4)5)10-18-14-7-6-8-15(20)9-14/h12-15,18,20H,6-11H2,1-5H3,(H,19,21). The van der Waals surface area contributed by atoms with Crippen molar-refractivity contribution in [2.75, 3.05) is 13.1 Å². The molecule has 130 valence electrons. The van der Waals surface area contributed by atoms with Crippen LogP contribution in [0.25, 0.3) is 0 Å². The highest BCUT2D eigenvalue weighted by Crippen LogP contribution is 2.19. The molecule has 0 aromatic rings. The molecule has 0 spiro atoms. The summed E-state index contributed by atoms with van der Waals surface area (Å²) in [5.41, 5.74) is -0.464. The van der Waals surface area contributed by atoms with E-state index in [-0.39, 0.29) is 12.2 Å². The van der Waals surface area contributed by atoms with Crippen LogP contribution in [0.5, 0.6) is 0 Å². The molecule has 1 aliphatic rings. The van der Waals surface area contributed by atoms with E-state index in [4.69, 9.17) is 4.74 Å². The highest BCUT2D eigenvalue weighted by atomic mass is 16.6. The molecule has 0 aromatic heterocycles. The number of aliphatic hydroxyl groups is 1. The summed E-state index contributed by atoms with van der Waals surface area (Å²) in [4.78, 5) is 11.7. The summed E-state index contributed by atoms with van der Waals surface area (Å²) in [6.07, 6.45) is 3.45. The molecule has 22 heavy (non-hydrogen) atoms. The van der Waals surface area contributed by atoms with Crippen LogP contribution in [-0.2, 0) is 4.74 Å². The van der Waals surface area contributed by atoms with Crippen LogP contribution in [0.4, 0.5) is 4.79 Å². The van der Waals surface area contributed by atoms with Crippen molar-refractivity contribution in [1.82, 2.24) is 10.6 Å². The van der Waals surface area contributed by atoms with E-state index in [1.807, 2.05) is 20.8 Å². The lowest BCUT2D eigenvalue weighted by Gasteiger charge is -2.30. The third kappa shape index (κ3) is 7.99. The van der Waals surface area contributed by atoms with Gasteiger partial charge in [-0.2, -0.15) is 0 Å². The van der Waals surface area contributed by atoms with Crippen LogP contribution in [-0.4, -0.2) is 42.0 Å². The predicted octanol–water partition coefficient (Wildman–Crippen LogP) is 2.68. The Labute approximate surface area is 135 Å². The minimum Gasteiger partial charge on any atom is -0.444 e. The molecule has 0 heterocycles. The zero-order valence-electron chi connectivity index (χ0n) is 14.8. The molecular weight excluding hydrogens is 280 g/mol. The number of rotatable bonds is 6. The van der Waals surface area contributed by atoms with Crippen LogP contribution in [0.3, 0.4) is 0 Å². The number of amides is 1. The fraction of sp³-hybridized carbons (Fsp3) is 0.941. The second-order valence-electron chi connectivity index (χ2n) is 7.81. The lowest BCUT2D eigenvalue weighted by Crippen LogP contribution is -2.43. The molecule has 0 bridgehead atoms. The van der Waals surface area contributed by atoms with Crippen molar-refractivity contribution in [3.8, 4) is 0 Å². The molecule has 3 N–H and O–H groups in total. The Bertz CT molecular complexity index is 339. The van der Waals surface area contributed by atoms with Crippen molar-refractivity contribution in [3.63, 3.8) is 0 Å². The van der Waals surface area contributed by atoms with Gasteiger partial charge in [-0.05, 0) is 58.3 Å². The molecular formula is C17H34N2O3. The van der Waals surface area contributed by atoms with E-state index >= 15 is 0 Å². The minimum absolute atomic E-state index is 0.163. The Morgan fingerprint density at radius 1 is 1.27 bits per heavy atom. The summed E-state index contributed by atoms with van der Waals surface area (Å²) < 4.78 is 5.27. The second-order valence-corrected chi connectivity index (χ2v) is 7.81. The van der Waals surface area contributed by atoms with Crippen LogP contribution >= 0.6 is 0 Å². The van der Waals surface area contributed by atoms with Crippen LogP contribution in [0.15, 0.2) is 0 Å². The smallest absolute Gasteiger partial charge is 0.407 e. The van der Waals surface area contributed by atoms with Crippen LogP contribution in [0.1, 0.15) is 60.3 Å². The zero-order valence-corrected chi connectivity index (χ0v) is 14.8. The SMILES string of the molecule is CC(C)C(CNC(=O)OC(C)(C)C)CNC1CCCC(O)C1. The van der Waals surface area contributed by atoms with Crippen LogP contribution in [0, 0.1) is 11.8 Å². The first-order valence-corrected chi connectivity index (χ1v) is 8.55. The number of ether oxygens (including phenoxy) is 1. The molecule has 1 rings (SSSR count). The van der Waals surface area contributed by atoms with Crippen molar-refractivity contribution in [2.45, 2.75) is 78.0 Å². The van der Waals surface area contributed by atoms with Gasteiger partial charge in [0.1, 0.15) is 5.60 Å². The Hall–Kier alpha value is -0.810. The maximum atomic E-state index is 11.7. The van der Waals surface area contributed by atoms with E-state index in [1.54, 1.807) is 0 Å². The molecule has 0 aliphatic heterocycles. The summed E-state index contributed by atoms with van der Waals surface area (Å²) in [5.74, 6) is 0.822. The van der Waals surface area contributed by atoms with Gasteiger partial charge in [-0.25, -0.2) is 4.79 Å². The van der Waals surface area contributed by atoms with E-state index in [0.717, 1.165) is 32.2 Å². The molecule has 1 fully saturated rings. The Kier molecular flexibility index (Phi) is 7.63. The van der Waals surface area contributed by atoms with Crippen molar-refractivity contribution >= 4 is 6.09 Å². The highest BCUT2D eigenvalue weighted by Gasteiger charge is 2.23. The van der Waals surface area contributed by atoms with Gasteiger partial charge in [-0.15, -0.1) is 0 Å². The van der Waals surface area contributed by atoms with Gasteiger partial charge in [-0.1, -0.05) is 13.8 Å². The van der Waals surface area contributed by atoms with Crippen LogP contribution < -0.4 is 10.6 Å². The minimum atomic E-state index is -0.464. The van der Waals surface area contributed by atoms with Crippen molar-refractivity contribution < 1.29 is 14.6 Å². The van der Waals surface area contributed by atoms with E-state index in [0.29, 0.717) is 24.4 Å². The second kappa shape index (κ2) is 8.73. The number of aliphatic hydroxyl groups excluding tert-OH is 1. The molecule has 1 amide bonds. The number of alkyl carbamates (subject to hydrolysis) is 1. The predicted molar refractivity (Wildman–Crippen MR) is 88.8 cm³/mol. The quantitative estimate of drug-likeness (QED) is 0.705. The fourth-order valence-electron chi connectivity index (χ4n) is 2.74. The summed E-state index contributed by atoms with van der Waals surface area (Å²) in [6, 6.07) is 0.395. The number of carbonyl (C=O) groups excluding carboxylic acids is 1. The van der Waals surface area contributed by atoms with Gasteiger partial charge in [0.15, 0.2) is 0 Å². The molecule has 3 atom stereocenters. The normalized spacial score (nSPS) is 24.1. The van der Waals surface area contributed by atoms with E-state index in [9.17, 15) is 9.90 Å². The zero-order chi connectivity index (χ0) is 16.8. The van der Waals surface area contributed by atoms with Gasteiger partial charge in [0, 0.05) is 19.1 Å². The average Bonchev–Trinajstić information content (AvgIpc) is 2.36. The lowest BCUT2D eigenvalue weighted by atomic mass is 9.91. The maximum absolute atomic E-state index is 11.7. The van der Waals surface area contributed by atoms with Gasteiger partial charge >= 0.3 is 6.09 Å². The van der Waals surface area contributed by atoms with Gasteiger partial charge in [0.05, 0.1) is 6.10 Å². The Morgan fingerprint density at radius 2 is 1.95 bits per heavy atom. The van der Waals surface area contributed by atoms with E-state index < -0.39 is 5.60 Å². The third-order valence-corrected chi connectivity index (χ3v) is 4.17. The first-order valence-electron chi connectivity index (χ1n) is 8.55. The molecule has 3 unspecified atom stereocenters. The molecule has 5 nitrogen and oxygen atoms in total. The average molecular weight is 314 g/mol. The molecule has 0 saturated heterocycles. The van der Waals surface area contributed by atoms with Crippen molar-refractivity contribution in [2.24, 2.45) is 11.8 Å². The molecule has 1 aliphatic carbocycles. The molecule has 0 radical (unpaired) electrons. The Balaban J connectivity index is 2.34. The van der Waals surface area contributed by atoms with E-state index in [2.05, 4.69) is 24.5 Å². The van der Waals surface area contributed by atoms with E-state index in [1.165, 1.54) is 0 Å². The Morgan fingerprint density at radius 3 is 2.50 bits per heavy atom. The first kappa shape index (κ1) is 19.2. The largest absolute Gasteiger partial charge is 0.444 e. The number of hydrogen-bond donors (Lipinski definition) is 3. The number of hydrogen-bond acceptors (Lipinski definition) is 4. The summed E-state index contributed by atoms with van der Waals surface area (Å²) in [5, 5.41) is 16.1. The summed E-state index contributed by atoms with van der Waals surface area (Å²) in [6.45, 7) is 11.4. The molecule has 5 heteroatoms. The monoisotopic (exact) mass is 314 g/mol. The first-order chi connectivity index (χ1) is 10.2. The summed E-state index contributed by atoms with van der Waals surface area (Å²) >= 11 is 0. The number of carbonyl (C=O) groups is 1. The third-order valence-electron chi connectivity index (χ3n) is 4.17. The number of nitrogens with one attached hydrogen (secondary N) is 2. The van der Waals surface area contributed by atoms with Crippen molar-refractivity contribution in [3.05, 3.63) is 0 Å².